The van der Waals surface area contributed by atoms with Crippen LogP contribution in [0.2, 0.25) is 5.02 Å². The molecule has 0 aliphatic heterocycles. The topological polar surface area (TPSA) is 88.7 Å². The van der Waals surface area contributed by atoms with Crippen LogP contribution in [-0.2, 0) is 0 Å². The Balaban J connectivity index is 2.12. The number of anilines is 2. The van der Waals surface area contributed by atoms with E-state index in [1.165, 1.54) is 12.1 Å². The van der Waals surface area contributed by atoms with Crippen LogP contribution in [0.4, 0.5) is 16.2 Å². The normalized spacial score (nSPS) is 9.29. The second-order valence-electron chi connectivity index (χ2n) is 4.08. The summed E-state index contributed by atoms with van der Waals surface area (Å²) in [5.74, 6) is 0. The molecule has 0 aliphatic rings. The number of halogens is 1. The van der Waals surface area contributed by atoms with Gasteiger partial charge in [0.1, 0.15) is 0 Å². The molecule has 0 saturated carbocycles. The fraction of sp³-hybridized carbons (Fsp3) is 0. The van der Waals surface area contributed by atoms with Gasteiger partial charge in [-0.2, -0.15) is 10.5 Å². The Bertz CT molecular complexity index is 774. The molecule has 102 valence electrons. The first-order valence-electron chi connectivity index (χ1n) is 5.90. The minimum Gasteiger partial charge on any atom is -0.308 e. The first kappa shape index (κ1) is 14.4. The van der Waals surface area contributed by atoms with Crippen molar-refractivity contribution in [2.75, 3.05) is 10.6 Å². The van der Waals surface area contributed by atoms with E-state index >= 15 is 0 Å². The smallest absolute Gasteiger partial charge is 0.308 e. The van der Waals surface area contributed by atoms with Crippen molar-refractivity contribution in [1.82, 2.24) is 0 Å². The van der Waals surface area contributed by atoms with Gasteiger partial charge in [0.05, 0.1) is 34.0 Å². The molecule has 0 spiro atoms. The summed E-state index contributed by atoms with van der Waals surface area (Å²) in [5, 5.41) is 23.1. The molecule has 2 N–H and O–H groups in total. The third kappa shape index (κ3) is 3.73. The summed E-state index contributed by atoms with van der Waals surface area (Å²) in [4.78, 5) is 11.9. The van der Waals surface area contributed by atoms with Crippen molar-refractivity contribution in [2.24, 2.45) is 0 Å². The second kappa shape index (κ2) is 6.42. The highest BCUT2D eigenvalue weighted by molar-refractivity contribution is 6.33. The maximum atomic E-state index is 11.9. The summed E-state index contributed by atoms with van der Waals surface area (Å²) < 4.78 is 0. The molecule has 0 saturated heterocycles. The maximum absolute atomic E-state index is 11.9. The number of urea groups is 1. The van der Waals surface area contributed by atoms with E-state index in [1.807, 2.05) is 12.1 Å². The average molecular weight is 297 g/mol. The summed E-state index contributed by atoms with van der Waals surface area (Å²) in [6, 6.07) is 14.5. The van der Waals surface area contributed by atoms with Crippen molar-refractivity contribution in [3.63, 3.8) is 0 Å². The van der Waals surface area contributed by atoms with Gasteiger partial charge in [-0.15, -0.1) is 0 Å². The number of carbonyl (C=O) groups is 1. The summed E-state index contributed by atoms with van der Waals surface area (Å²) in [6.07, 6.45) is 0. The molecule has 5 nitrogen and oxygen atoms in total. The van der Waals surface area contributed by atoms with Crippen LogP contribution in [0.1, 0.15) is 11.1 Å². The number of nitrogens with one attached hydrogen (secondary N) is 2. The van der Waals surface area contributed by atoms with Crippen molar-refractivity contribution >= 4 is 29.0 Å². The molecule has 2 aromatic rings. The Morgan fingerprint density at radius 1 is 1.00 bits per heavy atom. The number of nitriles is 2. The Hall–Kier alpha value is -3.02. The highest BCUT2D eigenvalue weighted by Gasteiger charge is 2.07. The van der Waals surface area contributed by atoms with Gasteiger partial charge in [0, 0.05) is 5.69 Å². The molecule has 0 unspecified atom stereocenters. The molecule has 0 bridgehead atoms. The average Bonchev–Trinajstić information content (AvgIpc) is 2.49. The van der Waals surface area contributed by atoms with Gasteiger partial charge in [-0.1, -0.05) is 17.7 Å². The summed E-state index contributed by atoms with van der Waals surface area (Å²) in [6.45, 7) is 0. The zero-order valence-corrected chi connectivity index (χ0v) is 11.5. The summed E-state index contributed by atoms with van der Waals surface area (Å²) in [7, 11) is 0. The van der Waals surface area contributed by atoms with Gasteiger partial charge in [-0.3, -0.25) is 0 Å². The lowest BCUT2D eigenvalue weighted by atomic mass is 10.2. The van der Waals surface area contributed by atoms with Crippen LogP contribution in [-0.4, -0.2) is 6.03 Å². The van der Waals surface area contributed by atoms with E-state index in [0.29, 0.717) is 27.5 Å². The Morgan fingerprint density at radius 3 is 2.43 bits per heavy atom. The lowest BCUT2D eigenvalue weighted by Gasteiger charge is -2.09. The number of amides is 2. The molecule has 21 heavy (non-hydrogen) atoms. The zero-order chi connectivity index (χ0) is 15.2. The van der Waals surface area contributed by atoms with Gasteiger partial charge in [0.2, 0.25) is 0 Å². The predicted molar refractivity (Wildman–Crippen MR) is 80.0 cm³/mol. The van der Waals surface area contributed by atoms with Gasteiger partial charge < -0.3 is 10.6 Å². The lowest BCUT2D eigenvalue weighted by molar-refractivity contribution is 0.262. The third-order valence-corrected chi connectivity index (χ3v) is 2.92. The van der Waals surface area contributed by atoms with E-state index in [2.05, 4.69) is 10.6 Å². The van der Waals surface area contributed by atoms with Crippen molar-refractivity contribution in [2.45, 2.75) is 0 Å². The number of hydrogen-bond donors (Lipinski definition) is 2. The van der Waals surface area contributed by atoms with Crippen LogP contribution in [0.3, 0.4) is 0 Å². The molecule has 2 aromatic carbocycles. The van der Waals surface area contributed by atoms with Gasteiger partial charge in [-0.05, 0) is 36.4 Å². The molecular formula is C15H9ClN4O. The van der Waals surface area contributed by atoms with Crippen molar-refractivity contribution in [3.05, 3.63) is 58.6 Å². The molecule has 0 heterocycles. The van der Waals surface area contributed by atoms with Crippen LogP contribution in [0.15, 0.2) is 42.5 Å². The van der Waals surface area contributed by atoms with Gasteiger partial charge in [0.25, 0.3) is 0 Å². The quantitative estimate of drug-likeness (QED) is 0.885. The van der Waals surface area contributed by atoms with Crippen LogP contribution in [0.5, 0.6) is 0 Å². The second-order valence-corrected chi connectivity index (χ2v) is 4.49. The predicted octanol–water partition coefficient (Wildman–Crippen LogP) is 3.73. The number of benzene rings is 2. The highest BCUT2D eigenvalue weighted by Crippen LogP contribution is 2.23. The van der Waals surface area contributed by atoms with Gasteiger partial charge >= 0.3 is 6.03 Å². The largest absolute Gasteiger partial charge is 0.323 e. The van der Waals surface area contributed by atoms with E-state index in [9.17, 15) is 4.79 Å². The van der Waals surface area contributed by atoms with E-state index < -0.39 is 6.03 Å². The van der Waals surface area contributed by atoms with E-state index in [4.69, 9.17) is 22.1 Å². The molecule has 0 atom stereocenters. The van der Waals surface area contributed by atoms with Crippen LogP contribution in [0, 0.1) is 22.7 Å². The van der Waals surface area contributed by atoms with Crippen LogP contribution < -0.4 is 10.6 Å². The van der Waals surface area contributed by atoms with Crippen molar-refractivity contribution in [1.29, 1.82) is 10.5 Å². The van der Waals surface area contributed by atoms with E-state index in [-0.39, 0.29) is 0 Å². The molecule has 2 amide bonds. The number of carbonyl (C=O) groups excluding carboxylic acids is 1. The first-order valence-corrected chi connectivity index (χ1v) is 6.28. The van der Waals surface area contributed by atoms with Crippen molar-refractivity contribution in [3.8, 4) is 12.1 Å². The number of nitrogens with zero attached hydrogens (tertiary/aromatic N) is 2. The van der Waals surface area contributed by atoms with Crippen LogP contribution in [0.25, 0.3) is 0 Å². The minimum absolute atomic E-state index is 0.329. The van der Waals surface area contributed by atoms with Crippen LogP contribution >= 0.6 is 11.6 Å². The summed E-state index contributed by atoms with van der Waals surface area (Å²) >= 11 is 5.95. The molecule has 0 aromatic heterocycles. The Morgan fingerprint density at radius 2 is 1.71 bits per heavy atom. The molecular weight excluding hydrogens is 288 g/mol. The highest BCUT2D eigenvalue weighted by atomic mass is 35.5. The molecule has 0 fully saturated rings. The number of hydrogen-bond acceptors (Lipinski definition) is 3. The SMILES string of the molecule is N#Cc1cccc(NC(=O)Nc2cc(C#N)ccc2Cl)c1. The minimum atomic E-state index is -0.512. The van der Waals surface area contributed by atoms with Crippen molar-refractivity contribution < 1.29 is 4.79 Å². The lowest BCUT2D eigenvalue weighted by Crippen LogP contribution is -2.19. The van der Waals surface area contributed by atoms with Gasteiger partial charge in [-0.25, -0.2) is 4.79 Å². The monoisotopic (exact) mass is 296 g/mol. The fourth-order valence-electron chi connectivity index (χ4n) is 1.64. The summed E-state index contributed by atoms with van der Waals surface area (Å²) in [5.41, 5.74) is 1.65. The molecule has 6 heteroatoms. The third-order valence-electron chi connectivity index (χ3n) is 2.59. The standard InChI is InChI=1S/C15H9ClN4O/c16-13-5-4-11(9-18)7-14(13)20-15(21)19-12-3-1-2-10(6-12)8-17/h1-7H,(H2,19,20,21). The fourth-order valence-corrected chi connectivity index (χ4v) is 1.81. The zero-order valence-electron chi connectivity index (χ0n) is 10.7. The Kier molecular flexibility index (Phi) is 4.40. The molecule has 0 radical (unpaired) electrons. The molecule has 0 aliphatic carbocycles. The van der Waals surface area contributed by atoms with Gasteiger partial charge in [0.15, 0.2) is 0 Å². The maximum Gasteiger partial charge on any atom is 0.323 e. The van der Waals surface area contributed by atoms with E-state index in [0.717, 1.165) is 0 Å². The van der Waals surface area contributed by atoms with E-state index in [1.54, 1.807) is 30.3 Å². The molecule has 2 rings (SSSR count). The Labute approximate surface area is 126 Å². The first-order chi connectivity index (χ1) is 10.1. The number of rotatable bonds is 2.